The number of anilines is 1. The largest absolute Gasteiger partial charge is 0.354 e. The molecule has 9 heteroatoms. The van der Waals surface area contributed by atoms with Crippen molar-refractivity contribution in [3.05, 3.63) is 66.0 Å². The number of carbonyl (C=O) groups excluding carboxylic acids is 2. The number of rotatable bonds is 10. The van der Waals surface area contributed by atoms with Gasteiger partial charge in [0, 0.05) is 18.7 Å². The molecule has 0 aromatic heterocycles. The number of hydrogen-bond donors (Lipinski definition) is 1. The van der Waals surface area contributed by atoms with E-state index in [2.05, 4.69) is 5.32 Å². The number of halogens is 1. The van der Waals surface area contributed by atoms with Crippen LogP contribution in [0.25, 0.3) is 0 Å². The lowest BCUT2D eigenvalue weighted by Crippen LogP contribution is -2.51. The van der Waals surface area contributed by atoms with Crippen molar-refractivity contribution >= 4 is 27.5 Å². The molecule has 2 amide bonds. The molecule has 0 aliphatic carbocycles. The first-order valence-corrected chi connectivity index (χ1v) is 11.8. The van der Waals surface area contributed by atoms with Gasteiger partial charge in [-0.25, -0.2) is 12.8 Å². The zero-order chi connectivity index (χ0) is 23.0. The van der Waals surface area contributed by atoms with Crippen molar-refractivity contribution in [1.29, 1.82) is 0 Å². The average molecular weight is 450 g/mol. The maximum absolute atomic E-state index is 14.3. The van der Waals surface area contributed by atoms with Gasteiger partial charge >= 0.3 is 0 Å². The molecule has 2 aromatic rings. The number of amides is 2. The minimum atomic E-state index is -3.78. The van der Waals surface area contributed by atoms with Crippen LogP contribution in [-0.2, 0) is 26.2 Å². The van der Waals surface area contributed by atoms with E-state index in [1.54, 1.807) is 36.4 Å². The highest BCUT2D eigenvalue weighted by Gasteiger charge is 2.30. The van der Waals surface area contributed by atoms with E-state index in [0.29, 0.717) is 12.2 Å². The molecule has 0 fully saturated rings. The van der Waals surface area contributed by atoms with E-state index in [0.717, 1.165) is 17.0 Å². The Labute approximate surface area is 182 Å². The summed E-state index contributed by atoms with van der Waals surface area (Å²) in [5.74, 6) is -1.52. The van der Waals surface area contributed by atoms with Gasteiger partial charge in [-0.3, -0.25) is 13.9 Å². The molecule has 1 atom stereocenters. The van der Waals surface area contributed by atoms with Gasteiger partial charge in [0.25, 0.3) is 0 Å². The second-order valence-electron chi connectivity index (χ2n) is 7.19. The van der Waals surface area contributed by atoms with E-state index in [-0.39, 0.29) is 12.1 Å². The molecule has 0 saturated carbocycles. The van der Waals surface area contributed by atoms with Crippen LogP contribution in [0.5, 0.6) is 0 Å². The molecule has 0 radical (unpaired) electrons. The van der Waals surface area contributed by atoms with E-state index in [9.17, 15) is 22.4 Å². The highest BCUT2D eigenvalue weighted by Crippen LogP contribution is 2.19. The molecule has 31 heavy (non-hydrogen) atoms. The highest BCUT2D eigenvalue weighted by molar-refractivity contribution is 7.92. The lowest BCUT2D eigenvalue weighted by atomic mass is 10.1. The maximum atomic E-state index is 14.3. The quantitative estimate of drug-likeness (QED) is 0.604. The van der Waals surface area contributed by atoms with Gasteiger partial charge < -0.3 is 10.2 Å². The van der Waals surface area contributed by atoms with Crippen LogP contribution in [0, 0.1) is 5.82 Å². The Morgan fingerprint density at radius 2 is 1.68 bits per heavy atom. The Balaban J connectivity index is 2.35. The first kappa shape index (κ1) is 24.3. The molecule has 2 rings (SSSR count). The number of para-hydroxylation sites is 1. The summed E-state index contributed by atoms with van der Waals surface area (Å²) >= 11 is 0. The predicted molar refractivity (Wildman–Crippen MR) is 118 cm³/mol. The van der Waals surface area contributed by atoms with Gasteiger partial charge in [-0.05, 0) is 31.5 Å². The number of benzene rings is 2. The summed E-state index contributed by atoms with van der Waals surface area (Å²) in [5, 5.41) is 2.72. The van der Waals surface area contributed by atoms with E-state index < -0.39 is 40.2 Å². The summed E-state index contributed by atoms with van der Waals surface area (Å²) in [6.07, 6.45) is 1.72. The zero-order valence-corrected chi connectivity index (χ0v) is 18.7. The third-order valence-corrected chi connectivity index (χ3v) is 5.88. The fraction of sp³-hybridized carbons (Fsp3) is 0.364. The summed E-state index contributed by atoms with van der Waals surface area (Å²) in [5.41, 5.74) is 0.559. The van der Waals surface area contributed by atoms with Crippen LogP contribution < -0.4 is 9.62 Å². The fourth-order valence-electron chi connectivity index (χ4n) is 3.00. The molecule has 0 spiro atoms. The molecule has 0 aliphatic rings. The minimum absolute atomic E-state index is 0.168. The number of nitrogens with zero attached hydrogens (tertiary/aromatic N) is 2. The lowest BCUT2D eigenvalue weighted by Gasteiger charge is -2.31. The van der Waals surface area contributed by atoms with Crippen LogP contribution in [0.4, 0.5) is 10.1 Å². The predicted octanol–water partition coefficient (Wildman–Crippen LogP) is 2.54. The van der Waals surface area contributed by atoms with E-state index in [1.807, 2.05) is 6.92 Å². The molecule has 7 nitrogen and oxygen atoms in total. The van der Waals surface area contributed by atoms with Crippen molar-refractivity contribution in [2.45, 2.75) is 32.9 Å². The third-order valence-electron chi connectivity index (χ3n) is 4.74. The summed E-state index contributed by atoms with van der Waals surface area (Å²) in [6, 6.07) is 13.3. The molecule has 0 aliphatic heterocycles. The van der Waals surface area contributed by atoms with Crippen molar-refractivity contribution in [3.63, 3.8) is 0 Å². The standard InChI is InChI=1S/C22H28FN3O4S/c1-4-14-24-22(28)17(2)25(15-18-10-8-9-13-20(18)23)21(27)16-26(31(3,29)30)19-11-6-5-7-12-19/h5-13,17H,4,14-16H2,1-3H3,(H,24,28)/t17-/m1/s1. The van der Waals surface area contributed by atoms with Crippen LogP contribution in [0.3, 0.4) is 0 Å². The Morgan fingerprint density at radius 3 is 2.26 bits per heavy atom. The minimum Gasteiger partial charge on any atom is -0.354 e. The van der Waals surface area contributed by atoms with Gasteiger partial charge in [0.2, 0.25) is 21.8 Å². The van der Waals surface area contributed by atoms with Gasteiger partial charge in [-0.2, -0.15) is 0 Å². The van der Waals surface area contributed by atoms with Gasteiger partial charge in [0.15, 0.2) is 0 Å². The Morgan fingerprint density at radius 1 is 1.06 bits per heavy atom. The Hall–Kier alpha value is -2.94. The first-order chi connectivity index (χ1) is 14.6. The van der Waals surface area contributed by atoms with E-state index >= 15 is 0 Å². The van der Waals surface area contributed by atoms with Gasteiger partial charge in [-0.15, -0.1) is 0 Å². The molecular weight excluding hydrogens is 421 g/mol. The van der Waals surface area contributed by atoms with Gasteiger partial charge in [0.05, 0.1) is 11.9 Å². The zero-order valence-electron chi connectivity index (χ0n) is 17.9. The van der Waals surface area contributed by atoms with Crippen LogP contribution in [0.2, 0.25) is 0 Å². The van der Waals surface area contributed by atoms with Crippen LogP contribution >= 0.6 is 0 Å². The highest BCUT2D eigenvalue weighted by atomic mass is 32.2. The van der Waals surface area contributed by atoms with Gasteiger partial charge in [0.1, 0.15) is 18.4 Å². The number of sulfonamides is 1. The van der Waals surface area contributed by atoms with Crippen LogP contribution in [0.15, 0.2) is 54.6 Å². The summed E-state index contributed by atoms with van der Waals surface area (Å²) in [6.45, 7) is 3.19. The number of nitrogens with one attached hydrogen (secondary N) is 1. The van der Waals surface area contributed by atoms with Crippen molar-refractivity contribution in [2.75, 3.05) is 23.7 Å². The summed E-state index contributed by atoms with van der Waals surface area (Å²) < 4.78 is 40.0. The van der Waals surface area contributed by atoms with Crippen LogP contribution in [0.1, 0.15) is 25.8 Å². The SMILES string of the molecule is CCCNC(=O)[C@@H](C)N(Cc1ccccc1F)C(=O)CN(c1ccccc1)S(C)(=O)=O. The molecule has 0 saturated heterocycles. The topological polar surface area (TPSA) is 86.8 Å². The molecule has 1 N–H and O–H groups in total. The normalized spacial score (nSPS) is 12.1. The smallest absolute Gasteiger partial charge is 0.244 e. The fourth-order valence-corrected chi connectivity index (χ4v) is 3.85. The van der Waals surface area contributed by atoms with Crippen molar-refractivity contribution < 1.29 is 22.4 Å². The summed E-state index contributed by atoms with van der Waals surface area (Å²) in [7, 11) is -3.78. The maximum Gasteiger partial charge on any atom is 0.244 e. The van der Waals surface area contributed by atoms with Crippen LogP contribution in [-0.4, -0.2) is 50.5 Å². The van der Waals surface area contributed by atoms with Crippen molar-refractivity contribution in [2.24, 2.45) is 0 Å². The second kappa shape index (κ2) is 10.9. The number of carbonyl (C=O) groups is 2. The molecular formula is C22H28FN3O4S. The second-order valence-corrected chi connectivity index (χ2v) is 9.09. The molecule has 0 unspecified atom stereocenters. The Bertz CT molecular complexity index is 999. The van der Waals surface area contributed by atoms with Crippen molar-refractivity contribution in [1.82, 2.24) is 10.2 Å². The average Bonchev–Trinajstić information content (AvgIpc) is 2.74. The molecule has 0 heterocycles. The van der Waals surface area contributed by atoms with Crippen molar-refractivity contribution in [3.8, 4) is 0 Å². The monoisotopic (exact) mass is 449 g/mol. The molecule has 168 valence electrons. The van der Waals surface area contributed by atoms with E-state index in [1.165, 1.54) is 30.0 Å². The lowest BCUT2D eigenvalue weighted by molar-refractivity contribution is -0.139. The third kappa shape index (κ3) is 6.78. The van der Waals surface area contributed by atoms with Gasteiger partial charge in [-0.1, -0.05) is 43.3 Å². The Kier molecular flexibility index (Phi) is 8.56. The summed E-state index contributed by atoms with van der Waals surface area (Å²) in [4.78, 5) is 27.0. The number of hydrogen-bond acceptors (Lipinski definition) is 4. The first-order valence-electron chi connectivity index (χ1n) is 9.98. The molecule has 2 aromatic carbocycles. The van der Waals surface area contributed by atoms with E-state index in [4.69, 9.17) is 0 Å². The molecule has 0 bridgehead atoms.